The number of hydrogen-bond donors (Lipinski definition) is 1. The molecule has 1 aromatic rings. The summed E-state index contributed by atoms with van der Waals surface area (Å²) < 4.78 is 0. The lowest BCUT2D eigenvalue weighted by Crippen LogP contribution is -2.36. The highest BCUT2D eigenvalue weighted by atomic mass is 16.1. The number of rotatable bonds is 6. The van der Waals surface area contributed by atoms with Gasteiger partial charge in [0.1, 0.15) is 0 Å². The summed E-state index contributed by atoms with van der Waals surface area (Å²) in [5, 5.41) is 3.22. The Morgan fingerprint density at radius 1 is 1.06 bits per heavy atom. The van der Waals surface area contributed by atoms with Crippen LogP contribution in [0.5, 0.6) is 0 Å². The van der Waals surface area contributed by atoms with Gasteiger partial charge in [-0.05, 0) is 92.8 Å². The molecule has 4 rings (SSSR count). The Kier molecular flexibility index (Phi) is 7.38. The van der Waals surface area contributed by atoms with E-state index in [1.807, 2.05) is 0 Å². The Labute approximate surface area is 189 Å². The molecule has 2 fully saturated rings. The lowest BCUT2D eigenvalue weighted by atomic mass is 9.82. The van der Waals surface area contributed by atoms with Gasteiger partial charge in [0.15, 0.2) is 0 Å². The summed E-state index contributed by atoms with van der Waals surface area (Å²) in [6, 6.07) is 6.97. The first-order chi connectivity index (χ1) is 14.9. The fourth-order valence-corrected chi connectivity index (χ4v) is 6.09. The molecule has 1 aliphatic carbocycles. The Bertz CT molecular complexity index is 745. The van der Waals surface area contributed by atoms with Crippen molar-refractivity contribution in [1.29, 1.82) is 0 Å². The zero-order valence-electron chi connectivity index (χ0n) is 20.2. The molecule has 4 nitrogen and oxygen atoms in total. The molecule has 0 bridgehead atoms. The molecule has 1 N–H and O–H groups in total. The average Bonchev–Trinajstić information content (AvgIpc) is 3.12. The Morgan fingerprint density at radius 3 is 2.45 bits per heavy atom. The van der Waals surface area contributed by atoms with Gasteiger partial charge >= 0.3 is 0 Å². The third-order valence-corrected chi connectivity index (χ3v) is 8.14. The van der Waals surface area contributed by atoms with E-state index >= 15 is 0 Å². The van der Waals surface area contributed by atoms with Crippen LogP contribution in [0.2, 0.25) is 0 Å². The van der Waals surface area contributed by atoms with Crippen molar-refractivity contribution in [3.05, 3.63) is 34.9 Å². The molecule has 1 saturated heterocycles. The van der Waals surface area contributed by atoms with Crippen molar-refractivity contribution in [3.63, 3.8) is 0 Å². The molecule has 0 unspecified atom stereocenters. The summed E-state index contributed by atoms with van der Waals surface area (Å²) >= 11 is 0. The summed E-state index contributed by atoms with van der Waals surface area (Å²) in [5.74, 6) is 3.05. The molecule has 1 amide bonds. The van der Waals surface area contributed by atoms with E-state index in [9.17, 15) is 4.79 Å². The van der Waals surface area contributed by atoms with Crippen LogP contribution in [-0.2, 0) is 6.54 Å². The van der Waals surface area contributed by atoms with Gasteiger partial charge in [-0.3, -0.25) is 9.69 Å². The van der Waals surface area contributed by atoms with Crippen molar-refractivity contribution in [3.8, 4) is 0 Å². The number of fused-ring (bicyclic) bond motifs is 1. The van der Waals surface area contributed by atoms with Crippen LogP contribution in [-0.4, -0.2) is 48.9 Å². The second kappa shape index (κ2) is 10.0. The summed E-state index contributed by atoms with van der Waals surface area (Å²) in [7, 11) is 2.18. The molecule has 0 aromatic heterocycles. The normalized spacial score (nSPS) is 28.1. The first kappa shape index (κ1) is 22.8. The molecule has 3 aliphatic rings. The molecule has 31 heavy (non-hydrogen) atoms. The predicted octanol–water partition coefficient (Wildman–Crippen LogP) is 5.10. The maximum absolute atomic E-state index is 12.9. The molecule has 1 atom stereocenters. The second-order valence-corrected chi connectivity index (χ2v) is 11.1. The van der Waals surface area contributed by atoms with Gasteiger partial charge in [-0.1, -0.05) is 39.7 Å². The summed E-state index contributed by atoms with van der Waals surface area (Å²) in [6.45, 7) is 12.4. The maximum Gasteiger partial charge on any atom is 0.251 e. The highest BCUT2D eigenvalue weighted by Gasteiger charge is 2.34. The predicted molar refractivity (Wildman–Crippen MR) is 128 cm³/mol. The number of nitrogens with one attached hydrogen (secondary N) is 1. The van der Waals surface area contributed by atoms with Gasteiger partial charge in [0.05, 0.1) is 0 Å². The number of likely N-dealkylation sites (tertiary alicyclic amines) is 1. The standard InChI is InChI=1S/C27H43N3O/c1-19(2)26-25-10-9-23(27(31)28-16-21-11-13-29(4)14-12-21)15-24(25)18-30(26)17-22-7-5-20(3)6-8-22/h9-10,15,19-22,26H,5-8,11-14,16-18H2,1-4H3,(H,28,31)/t20-,22-,26-/m0/s1. The van der Waals surface area contributed by atoms with Crippen LogP contribution in [0, 0.1) is 23.7 Å². The van der Waals surface area contributed by atoms with Crippen LogP contribution in [0.3, 0.4) is 0 Å². The number of benzene rings is 1. The van der Waals surface area contributed by atoms with E-state index in [2.05, 4.69) is 61.1 Å². The minimum absolute atomic E-state index is 0.0996. The minimum atomic E-state index is 0.0996. The molecular formula is C27H43N3O. The van der Waals surface area contributed by atoms with Crippen LogP contribution < -0.4 is 5.32 Å². The molecular weight excluding hydrogens is 382 g/mol. The molecule has 1 saturated carbocycles. The Morgan fingerprint density at radius 2 is 1.77 bits per heavy atom. The molecule has 0 radical (unpaired) electrons. The van der Waals surface area contributed by atoms with Gasteiger partial charge in [-0.2, -0.15) is 0 Å². The topological polar surface area (TPSA) is 35.6 Å². The molecule has 4 heteroatoms. The van der Waals surface area contributed by atoms with Crippen molar-refractivity contribution in [2.75, 3.05) is 33.2 Å². The van der Waals surface area contributed by atoms with E-state index < -0.39 is 0 Å². The maximum atomic E-state index is 12.9. The summed E-state index contributed by atoms with van der Waals surface area (Å²) in [5.41, 5.74) is 3.66. The molecule has 1 aromatic carbocycles. The monoisotopic (exact) mass is 425 g/mol. The van der Waals surface area contributed by atoms with Crippen molar-refractivity contribution in [2.45, 2.75) is 71.9 Å². The first-order valence-corrected chi connectivity index (χ1v) is 12.7. The quantitative estimate of drug-likeness (QED) is 0.689. The third kappa shape index (κ3) is 5.51. The number of hydrogen-bond acceptors (Lipinski definition) is 3. The van der Waals surface area contributed by atoms with Crippen molar-refractivity contribution in [2.24, 2.45) is 23.7 Å². The van der Waals surface area contributed by atoms with Crippen LogP contribution in [0.4, 0.5) is 0 Å². The number of carbonyl (C=O) groups excluding carboxylic acids is 1. The van der Waals surface area contributed by atoms with Crippen LogP contribution in [0.25, 0.3) is 0 Å². The van der Waals surface area contributed by atoms with Gasteiger partial charge < -0.3 is 10.2 Å². The smallest absolute Gasteiger partial charge is 0.251 e. The van der Waals surface area contributed by atoms with E-state index in [0.29, 0.717) is 17.9 Å². The zero-order chi connectivity index (χ0) is 22.0. The molecule has 2 heterocycles. The fourth-order valence-electron chi connectivity index (χ4n) is 6.09. The van der Waals surface area contributed by atoms with E-state index in [4.69, 9.17) is 0 Å². The first-order valence-electron chi connectivity index (χ1n) is 12.7. The molecule has 0 spiro atoms. The van der Waals surface area contributed by atoms with Crippen molar-refractivity contribution >= 4 is 5.91 Å². The third-order valence-electron chi connectivity index (χ3n) is 8.14. The number of amides is 1. The highest BCUT2D eigenvalue weighted by molar-refractivity contribution is 5.94. The Balaban J connectivity index is 1.38. The second-order valence-electron chi connectivity index (χ2n) is 11.1. The van der Waals surface area contributed by atoms with Gasteiger partial charge in [0.25, 0.3) is 5.91 Å². The number of nitrogens with zero attached hydrogens (tertiary/aromatic N) is 2. The lowest BCUT2D eigenvalue weighted by molar-refractivity contribution is 0.0939. The van der Waals surface area contributed by atoms with Gasteiger partial charge in [0, 0.05) is 31.2 Å². The van der Waals surface area contributed by atoms with Crippen molar-refractivity contribution < 1.29 is 4.79 Å². The highest BCUT2D eigenvalue weighted by Crippen LogP contribution is 2.41. The van der Waals surface area contributed by atoms with E-state index in [1.54, 1.807) is 0 Å². The van der Waals surface area contributed by atoms with Gasteiger partial charge in [-0.25, -0.2) is 0 Å². The molecule has 2 aliphatic heterocycles. The average molecular weight is 426 g/mol. The van der Waals surface area contributed by atoms with Crippen LogP contribution >= 0.6 is 0 Å². The largest absolute Gasteiger partial charge is 0.352 e. The van der Waals surface area contributed by atoms with E-state index in [0.717, 1.165) is 43.6 Å². The van der Waals surface area contributed by atoms with E-state index in [1.165, 1.54) is 56.2 Å². The number of carbonyl (C=O) groups is 1. The van der Waals surface area contributed by atoms with Gasteiger partial charge in [-0.15, -0.1) is 0 Å². The summed E-state index contributed by atoms with van der Waals surface area (Å²) in [4.78, 5) is 17.9. The van der Waals surface area contributed by atoms with E-state index in [-0.39, 0.29) is 5.91 Å². The van der Waals surface area contributed by atoms with Crippen molar-refractivity contribution in [1.82, 2.24) is 15.1 Å². The zero-order valence-corrected chi connectivity index (χ0v) is 20.2. The lowest BCUT2D eigenvalue weighted by Gasteiger charge is -2.34. The van der Waals surface area contributed by atoms with Crippen LogP contribution in [0.1, 0.15) is 86.8 Å². The Hall–Kier alpha value is -1.39. The minimum Gasteiger partial charge on any atom is -0.352 e. The fraction of sp³-hybridized carbons (Fsp3) is 0.741. The SMILES string of the molecule is CC(C)[C@H]1c2ccc(C(=O)NCC3CCN(C)CC3)cc2CN1C[C@H]1CC[C@H](C)CC1. The molecule has 172 valence electrons. The van der Waals surface area contributed by atoms with Gasteiger partial charge in [0.2, 0.25) is 0 Å². The number of piperidine rings is 1. The summed E-state index contributed by atoms with van der Waals surface area (Å²) in [6.07, 6.45) is 7.91. The van der Waals surface area contributed by atoms with Crippen LogP contribution in [0.15, 0.2) is 18.2 Å².